The maximum atomic E-state index is 13.5. The van der Waals surface area contributed by atoms with Crippen molar-refractivity contribution in [2.75, 3.05) is 5.32 Å². The summed E-state index contributed by atoms with van der Waals surface area (Å²) in [5.74, 6) is -1.13. The second-order valence-corrected chi connectivity index (χ2v) is 8.81. The largest absolute Gasteiger partial charge is 0.322 e. The van der Waals surface area contributed by atoms with Gasteiger partial charge in [0.1, 0.15) is 11.4 Å². The maximum Gasteiger partial charge on any atom is 0.268 e. The molecule has 0 bridgehead atoms. The summed E-state index contributed by atoms with van der Waals surface area (Å²) in [5.41, 5.74) is 1.92. The number of amides is 1. The van der Waals surface area contributed by atoms with Crippen LogP contribution in [-0.2, 0) is 6.42 Å². The van der Waals surface area contributed by atoms with Gasteiger partial charge in [-0.15, -0.1) is 0 Å². The molecule has 6 heteroatoms. The first-order valence-electron chi connectivity index (χ1n) is 10.1. The van der Waals surface area contributed by atoms with Crippen molar-refractivity contribution in [1.29, 1.82) is 0 Å². The number of aryl methyl sites for hydroxylation is 1. The molecule has 0 radical (unpaired) electrons. The van der Waals surface area contributed by atoms with Crippen molar-refractivity contribution in [2.45, 2.75) is 33.6 Å². The molecular formula is C25H23FN2O3. The number of hydrogen-bond donors (Lipinski definition) is 1. The van der Waals surface area contributed by atoms with Crippen LogP contribution in [0, 0.1) is 18.2 Å². The van der Waals surface area contributed by atoms with Crippen LogP contribution < -0.4 is 10.9 Å². The standard InChI is InChI=1S/C25H23FN2O3/c1-15-4-10-18(11-5-15)28-14-20-19(12-25(2,3)13-21(20)29)22(24(28)31)23(30)27-17-8-6-16(26)7-9-17/h4-11,14H,12-13H2,1-3H3,(H,27,30). The molecule has 5 nitrogen and oxygen atoms in total. The van der Waals surface area contributed by atoms with E-state index in [0.717, 1.165) is 5.56 Å². The van der Waals surface area contributed by atoms with E-state index in [-0.39, 0.29) is 16.8 Å². The number of halogens is 1. The molecule has 1 N–H and O–H groups in total. The highest BCUT2D eigenvalue weighted by Crippen LogP contribution is 2.36. The Bertz CT molecular complexity index is 1240. The molecule has 3 aromatic rings. The lowest BCUT2D eigenvalue weighted by molar-refractivity contribution is 0.0910. The Morgan fingerprint density at radius 3 is 2.29 bits per heavy atom. The van der Waals surface area contributed by atoms with Gasteiger partial charge in [0.05, 0.1) is 0 Å². The normalized spacial score (nSPS) is 14.8. The molecule has 4 rings (SSSR count). The van der Waals surface area contributed by atoms with Crippen LogP contribution in [0.25, 0.3) is 5.69 Å². The van der Waals surface area contributed by atoms with E-state index in [2.05, 4.69) is 5.32 Å². The number of ketones is 1. The van der Waals surface area contributed by atoms with Crippen molar-refractivity contribution >= 4 is 17.4 Å². The third kappa shape index (κ3) is 4.06. The predicted octanol–water partition coefficient (Wildman–Crippen LogP) is 4.69. The molecule has 1 aliphatic rings. The monoisotopic (exact) mass is 418 g/mol. The molecular weight excluding hydrogens is 395 g/mol. The number of nitrogens with zero attached hydrogens (tertiary/aromatic N) is 1. The van der Waals surface area contributed by atoms with Gasteiger partial charge in [0.15, 0.2) is 5.78 Å². The highest BCUT2D eigenvalue weighted by molar-refractivity contribution is 6.08. The fourth-order valence-electron chi connectivity index (χ4n) is 4.00. The van der Waals surface area contributed by atoms with E-state index in [9.17, 15) is 18.8 Å². The van der Waals surface area contributed by atoms with Gasteiger partial charge in [-0.25, -0.2) is 4.39 Å². The molecule has 0 fully saturated rings. The maximum absolute atomic E-state index is 13.5. The minimum absolute atomic E-state index is 0.0523. The molecule has 0 atom stereocenters. The summed E-state index contributed by atoms with van der Waals surface area (Å²) in [7, 11) is 0. The third-order valence-electron chi connectivity index (χ3n) is 5.55. The zero-order valence-electron chi connectivity index (χ0n) is 17.7. The van der Waals surface area contributed by atoms with Crippen LogP contribution in [-0.4, -0.2) is 16.3 Å². The third-order valence-corrected chi connectivity index (χ3v) is 5.55. The molecule has 0 aliphatic heterocycles. The summed E-state index contributed by atoms with van der Waals surface area (Å²) in [6, 6.07) is 12.6. The number of fused-ring (bicyclic) bond motifs is 1. The summed E-state index contributed by atoms with van der Waals surface area (Å²) in [6.45, 7) is 5.83. The van der Waals surface area contributed by atoms with E-state index in [0.29, 0.717) is 35.3 Å². The second-order valence-electron chi connectivity index (χ2n) is 8.81. The smallest absolute Gasteiger partial charge is 0.268 e. The molecule has 31 heavy (non-hydrogen) atoms. The summed E-state index contributed by atoms with van der Waals surface area (Å²) in [5, 5.41) is 2.68. The molecule has 1 heterocycles. The topological polar surface area (TPSA) is 68.2 Å². The predicted molar refractivity (Wildman–Crippen MR) is 118 cm³/mol. The van der Waals surface area contributed by atoms with Crippen LogP contribution in [0.5, 0.6) is 0 Å². The van der Waals surface area contributed by atoms with Crippen LogP contribution in [0.3, 0.4) is 0 Å². The first kappa shape index (κ1) is 20.7. The molecule has 0 saturated carbocycles. The summed E-state index contributed by atoms with van der Waals surface area (Å²) >= 11 is 0. The number of rotatable bonds is 3. The number of Topliss-reactive ketones (excluding diaryl/α,β-unsaturated/α-hetero) is 1. The Hall–Kier alpha value is -3.54. The average Bonchev–Trinajstić information content (AvgIpc) is 2.69. The van der Waals surface area contributed by atoms with Gasteiger partial charge >= 0.3 is 0 Å². The summed E-state index contributed by atoms with van der Waals surface area (Å²) < 4.78 is 14.6. The molecule has 158 valence electrons. The Labute approximate surface area is 179 Å². The average molecular weight is 418 g/mol. The van der Waals surface area contributed by atoms with E-state index in [1.165, 1.54) is 28.8 Å². The van der Waals surface area contributed by atoms with Gasteiger partial charge in [0.2, 0.25) is 0 Å². The van der Waals surface area contributed by atoms with E-state index in [1.54, 1.807) is 18.3 Å². The van der Waals surface area contributed by atoms with Gasteiger partial charge in [-0.05, 0) is 60.7 Å². The van der Waals surface area contributed by atoms with E-state index in [4.69, 9.17) is 0 Å². The van der Waals surface area contributed by atoms with Crippen LogP contribution in [0.2, 0.25) is 0 Å². The van der Waals surface area contributed by atoms with Gasteiger partial charge in [0, 0.05) is 29.6 Å². The first-order valence-corrected chi connectivity index (χ1v) is 10.1. The minimum atomic E-state index is -0.611. The van der Waals surface area contributed by atoms with Gasteiger partial charge < -0.3 is 5.32 Å². The summed E-state index contributed by atoms with van der Waals surface area (Å²) in [4.78, 5) is 39.6. The molecule has 1 amide bonds. The van der Waals surface area contributed by atoms with Crippen molar-refractivity contribution in [3.8, 4) is 5.69 Å². The zero-order valence-corrected chi connectivity index (χ0v) is 17.7. The fourth-order valence-corrected chi connectivity index (χ4v) is 4.00. The van der Waals surface area contributed by atoms with Crippen molar-refractivity contribution < 1.29 is 14.0 Å². The highest BCUT2D eigenvalue weighted by Gasteiger charge is 2.36. The molecule has 1 aliphatic carbocycles. The summed E-state index contributed by atoms with van der Waals surface area (Å²) in [6.07, 6.45) is 2.32. The second kappa shape index (κ2) is 7.61. The van der Waals surface area contributed by atoms with Crippen molar-refractivity contribution in [3.63, 3.8) is 0 Å². The Balaban J connectivity index is 1.90. The lowest BCUT2D eigenvalue weighted by Gasteiger charge is -2.31. The van der Waals surface area contributed by atoms with E-state index >= 15 is 0 Å². The van der Waals surface area contributed by atoms with Crippen LogP contribution in [0.4, 0.5) is 10.1 Å². The number of carbonyl (C=O) groups excluding carboxylic acids is 2. The quantitative estimate of drug-likeness (QED) is 0.671. The Morgan fingerprint density at radius 1 is 1.00 bits per heavy atom. The number of hydrogen-bond acceptors (Lipinski definition) is 3. The van der Waals surface area contributed by atoms with Gasteiger partial charge in [0.25, 0.3) is 11.5 Å². The van der Waals surface area contributed by atoms with Gasteiger partial charge in [-0.2, -0.15) is 0 Å². The van der Waals surface area contributed by atoms with Crippen LogP contribution >= 0.6 is 0 Å². The number of nitrogens with one attached hydrogen (secondary N) is 1. The van der Waals surface area contributed by atoms with E-state index < -0.39 is 17.3 Å². The molecule has 0 unspecified atom stereocenters. The number of pyridine rings is 1. The SMILES string of the molecule is Cc1ccc(-n2cc3c(c(C(=O)Nc4ccc(F)cc4)c2=O)CC(C)(C)CC3=O)cc1. The lowest BCUT2D eigenvalue weighted by atomic mass is 9.73. The van der Waals surface area contributed by atoms with Crippen molar-refractivity contribution in [2.24, 2.45) is 5.41 Å². The molecule has 1 aromatic heterocycles. The fraction of sp³-hybridized carbons (Fsp3) is 0.240. The van der Waals surface area contributed by atoms with Crippen LogP contribution in [0.15, 0.2) is 59.5 Å². The van der Waals surface area contributed by atoms with Gasteiger partial charge in [-0.1, -0.05) is 31.5 Å². The van der Waals surface area contributed by atoms with Crippen molar-refractivity contribution in [3.05, 3.63) is 93.2 Å². The number of anilines is 1. The van der Waals surface area contributed by atoms with Crippen molar-refractivity contribution in [1.82, 2.24) is 4.57 Å². The number of aromatic nitrogens is 1. The number of benzene rings is 2. The lowest BCUT2D eigenvalue weighted by Crippen LogP contribution is -2.37. The molecule has 0 spiro atoms. The van der Waals surface area contributed by atoms with E-state index in [1.807, 2.05) is 32.9 Å². The highest BCUT2D eigenvalue weighted by atomic mass is 19.1. The molecule has 2 aromatic carbocycles. The van der Waals surface area contributed by atoms with Crippen LogP contribution in [0.1, 0.15) is 52.1 Å². The Morgan fingerprint density at radius 2 is 1.65 bits per heavy atom. The number of carbonyl (C=O) groups is 2. The minimum Gasteiger partial charge on any atom is -0.322 e. The first-order chi connectivity index (χ1) is 14.6. The Kier molecular flexibility index (Phi) is 5.09. The molecule has 0 saturated heterocycles. The zero-order chi connectivity index (χ0) is 22.3. The van der Waals surface area contributed by atoms with Gasteiger partial charge in [-0.3, -0.25) is 19.0 Å².